The fourth-order valence-electron chi connectivity index (χ4n) is 1.16. The summed E-state index contributed by atoms with van der Waals surface area (Å²) in [6, 6.07) is 3.55. The number of hydrogen-bond donors (Lipinski definition) is 0. The van der Waals surface area contributed by atoms with Crippen LogP contribution in [0.1, 0.15) is 5.56 Å². The van der Waals surface area contributed by atoms with Gasteiger partial charge in [-0.1, -0.05) is 23.2 Å². The van der Waals surface area contributed by atoms with Crippen LogP contribution in [0.2, 0.25) is 10.0 Å². The number of benzene rings is 1. The van der Waals surface area contributed by atoms with Crippen LogP contribution >= 0.6 is 23.2 Å². The lowest BCUT2D eigenvalue weighted by Gasteiger charge is -2.01. The van der Waals surface area contributed by atoms with Crippen LogP contribution in [-0.4, -0.2) is 9.97 Å². The summed E-state index contributed by atoms with van der Waals surface area (Å²) < 4.78 is 0. The van der Waals surface area contributed by atoms with Crippen LogP contribution in [0.3, 0.4) is 0 Å². The summed E-state index contributed by atoms with van der Waals surface area (Å²) in [7, 11) is 0. The summed E-state index contributed by atoms with van der Waals surface area (Å²) in [5.41, 5.74) is 1.31. The van der Waals surface area contributed by atoms with Crippen molar-refractivity contribution in [2.75, 3.05) is 0 Å². The smallest absolute Gasteiger partial charge is 0.108 e. The van der Waals surface area contributed by atoms with Gasteiger partial charge in [-0.3, -0.25) is 9.97 Å². The van der Waals surface area contributed by atoms with E-state index < -0.39 is 0 Å². The van der Waals surface area contributed by atoms with E-state index in [1.54, 1.807) is 6.07 Å². The number of halogens is 2. The zero-order chi connectivity index (χ0) is 10.1. The molecule has 0 N–H and O–H groups in total. The Hall–Kier alpha value is -1.37. The molecule has 1 aromatic heterocycles. The maximum Gasteiger partial charge on any atom is 0.108 e. The van der Waals surface area contributed by atoms with Crippen molar-refractivity contribution in [3.63, 3.8) is 0 Å². The van der Waals surface area contributed by atoms with Crippen molar-refractivity contribution in [1.29, 1.82) is 5.26 Å². The van der Waals surface area contributed by atoms with E-state index in [0.29, 0.717) is 16.1 Å². The minimum absolute atomic E-state index is 0.224. The van der Waals surface area contributed by atoms with Gasteiger partial charge in [0.1, 0.15) is 11.6 Å². The van der Waals surface area contributed by atoms with E-state index in [2.05, 4.69) is 9.97 Å². The Labute approximate surface area is 89.9 Å². The van der Waals surface area contributed by atoms with E-state index in [-0.39, 0.29) is 10.6 Å². The Kier molecular flexibility index (Phi) is 2.24. The topological polar surface area (TPSA) is 49.6 Å². The summed E-state index contributed by atoms with van der Waals surface area (Å²) >= 11 is 11.7. The largest absolute Gasteiger partial charge is 0.253 e. The van der Waals surface area contributed by atoms with Gasteiger partial charge in [-0.05, 0) is 6.07 Å². The van der Waals surface area contributed by atoms with Crippen molar-refractivity contribution in [1.82, 2.24) is 9.97 Å². The highest BCUT2D eigenvalue weighted by Gasteiger charge is 2.11. The maximum absolute atomic E-state index is 8.88. The third-order valence-electron chi connectivity index (χ3n) is 1.77. The number of nitrogens with zero attached hydrogens (tertiary/aromatic N) is 3. The van der Waals surface area contributed by atoms with E-state index in [1.807, 2.05) is 6.07 Å². The number of hydrogen-bond acceptors (Lipinski definition) is 3. The lowest BCUT2D eigenvalue weighted by molar-refractivity contribution is 1.29. The van der Waals surface area contributed by atoms with Crippen molar-refractivity contribution in [3.05, 3.63) is 34.1 Å². The van der Waals surface area contributed by atoms with Crippen LogP contribution in [0.5, 0.6) is 0 Å². The normalized spacial score (nSPS) is 10.1. The molecule has 5 heteroatoms. The van der Waals surface area contributed by atoms with Gasteiger partial charge >= 0.3 is 0 Å². The standard InChI is InChI=1S/C9H3Cl2N3/c10-6-3-7-9(14-2-1-13-7)5(4-12)8(6)11/h1-3H. The zero-order valence-corrected chi connectivity index (χ0v) is 8.34. The molecule has 1 heterocycles. The van der Waals surface area contributed by atoms with Gasteiger partial charge in [0.2, 0.25) is 0 Å². The molecule has 0 aliphatic carbocycles. The van der Waals surface area contributed by atoms with Crippen LogP contribution in [0.15, 0.2) is 18.5 Å². The second-order valence-electron chi connectivity index (χ2n) is 2.58. The molecule has 2 aromatic rings. The third-order valence-corrected chi connectivity index (χ3v) is 2.56. The summed E-state index contributed by atoms with van der Waals surface area (Å²) in [5.74, 6) is 0. The molecule has 0 spiro atoms. The molecule has 14 heavy (non-hydrogen) atoms. The molecule has 0 radical (unpaired) electrons. The molecule has 3 nitrogen and oxygen atoms in total. The van der Waals surface area contributed by atoms with Crippen LogP contribution in [0, 0.1) is 11.3 Å². The molecular weight excluding hydrogens is 221 g/mol. The van der Waals surface area contributed by atoms with Crippen LogP contribution in [-0.2, 0) is 0 Å². The Morgan fingerprint density at radius 1 is 1.21 bits per heavy atom. The maximum atomic E-state index is 8.88. The molecule has 2 rings (SSSR count). The highest BCUT2D eigenvalue weighted by atomic mass is 35.5. The minimum Gasteiger partial charge on any atom is -0.253 e. The Balaban J connectivity index is 2.98. The minimum atomic E-state index is 0.224. The molecule has 0 saturated heterocycles. The Morgan fingerprint density at radius 2 is 1.93 bits per heavy atom. The Bertz CT molecular complexity index is 545. The first-order chi connectivity index (χ1) is 6.74. The van der Waals surface area contributed by atoms with E-state index in [9.17, 15) is 0 Å². The van der Waals surface area contributed by atoms with E-state index in [1.165, 1.54) is 12.4 Å². The number of nitriles is 1. The first kappa shape index (κ1) is 9.20. The fraction of sp³-hybridized carbons (Fsp3) is 0. The van der Waals surface area contributed by atoms with E-state index in [0.717, 1.165) is 0 Å². The molecule has 0 unspecified atom stereocenters. The highest BCUT2D eigenvalue weighted by Crippen LogP contribution is 2.30. The van der Waals surface area contributed by atoms with Crippen molar-refractivity contribution in [2.45, 2.75) is 0 Å². The number of fused-ring (bicyclic) bond motifs is 1. The Morgan fingerprint density at radius 3 is 2.64 bits per heavy atom. The third kappa shape index (κ3) is 1.29. The van der Waals surface area contributed by atoms with Crippen molar-refractivity contribution in [2.24, 2.45) is 0 Å². The second-order valence-corrected chi connectivity index (χ2v) is 3.37. The molecule has 68 valence electrons. The van der Waals surface area contributed by atoms with Gasteiger partial charge in [0.25, 0.3) is 0 Å². The SMILES string of the molecule is N#Cc1c(Cl)c(Cl)cc2nccnc12. The fourth-order valence-corrected chi connectivity index (χ4v) is 1.54. The molecule has 0 fully saturated rings. The predicted octanol–water partition coefficient (Wildman–Crippen LogP) is 2.81. The molecule has 0 aliphatic rings. The molecule has 0 bridgehead atoms. The zero-order valence-electron chi connectivity index (χ0n) is 6.83. The lowest BCUT2D eigenvalue weighted by atomic mass is 10.2. The van der Waals surface area contributed by atoms with E-state index in [4.69, 9.17) is 28.5 Å². The first-order valence-corrected chi connectivity index (χ1v) is 4.48. The number of aromatic nitrogens is 2. The van der Waals surface area contributed by atoms with Crippen molar-refractivity contribution < 1.29 is 0 Å². The quantitative estimate of drug-likeness (QED) is 0.691. The lowest BCUT2D eigenvalue weighted by Crippen LogP contribution is -1.88. The summed E-state index contributed by atoms with van der Waals surface area (Å²) in [6.07, 6.45) is 3.04. The highest BCUT2D eigenvalue weighted by molar-refractivity contribution is 6.43. The van der Waals surface area contributed by atoms with Gasteiger partial charge in [-0.2, -0.15) is 5.26 Å². The molecule has 0 aliphatic heterocycles. The van der Waals surface area contributed by atoms with Gasteiger partial charge in [0, 0.05) is 12.4 Å². The summed E-state index contributed by atoms with van der Waals surface area (Å²) in [4.78, 5) is 8.06. The van der Waals surface area contributed by atoms with Crippen molar-refractivity contribution >= 4 is 34.2 Å². The van der Waals surface area contributed by atoms with Crippen LogP contribution in [0.25, 0.3) is 11.0 Å². The van der Waals surface area contributed by atoms with Crippen LogP contribution < -0.4 is 0 Å². The van der Waals surface area contributed by atoms with Gasteiger partial charge in [-0.15, -0.1) is 0 Å². The number of rotatable bonds is 0. The average Bonchev–Trinajstić information content (AvgIpc) is 2.20. The molecule has 0 saturated carbocycles. The van der Waals surface area contributed by atoms with Crippen LogP contribution in [0.4, 0.5) is 0 Å². The van der Waals surface area contributed by atoms with Gasteiger partial charge < -0.3 is 0 Å². The first-order valence-electron chi connectivity index (χ1n) is 3.73. The molecule has 0 amide bonds. The van der Waals surface area contributed by atoms with Gasteiger partial charge in [0.05, 0.1) is 21.1 Å². The van der Waals surface area contributed by atoms with Gasteiger partial charge in [0.15, 0.2) is 0 Å². The second kappa shape index (κ2) is 3.41. The molecule has 0 atom stereocenters. The summed E-state index contributed by atoms with van der Waals surface area (Å²) in [5, 5.41) is 9.42. The summed E-state index contributed by atoms with van der Waals surface area (Å²) in [6.45, 7) is 0. The predicted molar refractivity (Wildman–Crippen MR) is 54.3 cm³/mol. The molecule has 1 aromatic carbocycles. The monoisotopic (exact) mass is 223 g/mol. The average molecular weight is 224 g/mol. The molecular formula is C9H3Cl2N3. The van der Waals surface area contributed by atoms with Crippen molar-refractivity contribution in [3.8, 4) is 6.07 Å². The van der Waals surface area contributed by atoms with E-state index >= 15 is 0 Å². The van der Waals surface area contributed by atoms with Gasteiger partial charge in [-0.25, -0.2) is 0 Å².